The van der Waals surface area contributed by atoms with Crippen molar-refractivity contribution in [2.75, 3.05) is 24.7 Å². The second-order valence-corrected chi connectivity index (χ2v) is 10.0. The first-order valence-corrected chi connectivity index (χ1v) is 12.6. The maximum absolute atomic E-state index is 13.5. The van der Waals surface area contributed by atoms with Gasteiger partial charge in [0.25, 0.3) is 5.91 Å². The summed E-state index contributed by atoms with van der Waals surface area (Å²) < 4.78 is 51.3. The molecule has 3 aromatic carbocycles. The van der Waals surface area contributed by atoms with Crippen LogP contribution in [0.25, 0.3) is 22.3 Å². The van der Waals surface area contributed by atoms with Crippen molar-refractivity contribution >= 4 is 32.6 Å². The number of rotatable bonds is 7. The summed E-state index contributed by atoms with van der Waals surface area (Å²) in [6.07, 6.45) is 1.06. The van der Waals surface area contributed by atoms with Crippen molar-refractivity contribution in [1.29, 1.82) is 5.26 Å². The monoisotopic (exact) mass is 507 g/mol. The van der Waals surface area contributed by atoms with Crippen LogP contribution in [0.4, 0.5) is 10.1 Å². The van der Waals surface area contributed by atoms with Gasteiger partial charge in [-0.3, -0.25) is 9.10 Å². The number of furan rings is 1. The lowest BCUT2D eigenvalue weighted by Crippen LogP contribution is -2.25. The molecule has 1 aromatic heterocycles. The Morgan fingerprint density at radius 2 is 1.81 bits per heavy atom. The van der Waals surface area contributed by atoms with Gasteiger partial charge in [0.05, 0.1) is 29.1 Å². The van der Waals surface area contributed by atoms with Gasteiger partial charge in [0.15, 0.2) is 0 Å². The number of fused-ring (bicyclic) bond motifs is 1. The fourth-order valence-electron chi connectivity index (χ4n) is 3.64. The van der Waals surface area contributed by atoms with E-state index in [-0.39, 0.29) is 35.0 Å². The number of anilines is 1. The molecule has 0 unspecified atom stereocenters. The summed E-state index contributed by atoms with van der Waals surface area (Å²) in [6, 6.07) is 17.4. The van der Waals surface area contributed by atoms with Crippen LogP contribution in [0.2, 0.25) is 0 Å². The standard InChI is InChI=1S/C26H22FN3O5S/c1-29-26(31)24-20-12-23(34-15-17-6-4-16(14-28)5-7-17)21(30(2)36(3,32)33)13-22(20)35-25(24)18-8-10-19(27)11-9-18/h4-13H,15H2,1-3H3,(H,29,31). The number of amides is 1. The van der Waals surface area contributed by atoms with Gasteiger partial charge in [-0.25, -0.2) is 12.8 Å². The van der Waals surface area contributed by atoms with E-state index in [0.29, 0.717) is 16.5 Å². The average Bonchev–Trinajstić information content (AvgIpc) is 3.24. The van der Waals surface area contributed by atoms with E-state index in [1.54, 1.807) is 30.3 Å². The van der Waals surface area contributed by atoms with Crippen LogP contribution in [0.5, 0.6) is 5.75 Å². The van der Waals surface area contributed by atoms with E-state index in [0.717, 1.165) is 16.1 Å². The first-order chi connectivity index (χ1) is 17.1. The summed E-state index contributed by atoms with van der Waals surface area (Å²) in [6.45, 7) is 0.0831. The van der Waals surface area contributed by atoms with Gasteiger partial charge in [0.1, 0.15) is 29.5 Å². The molecule has 1 amide bonds. The van der Waals surface area contributed by atoms with Crippen LogP contribution < -0.4 is 14.4 Å². The number of ether oxygens (including phenoxy) is 1. The Balaban J connectivity index is 1.88. The van der Waals surface area contributed by atoms with Crippen molar-refractivity contribution in [3.63, 3.8) is 0 Å². The highest BCUT2D eigenvalue weighted by Gasteiger charge is 2.26. The van der Waals surface area contributed by atoms with Crippen LogP contribution >= 0.6 is 0 Å². The highest BCUT2D eigenvalue weighted by atomic mass is 32.2. The van der Waals surface area contributed by atoms with Crippen LogP contribution in [-0.2, 0) is 16.6 Å². The minimum absolute atomic E-state index is 0.0831. The summed E-state index contributed by atoms with van der Waals surface area (Å²) in [5, 5.41) is 12.0. The number of carbonyl (C=O) groups excluding carboxylic acids is 1. The molecule has 0 radical (unpaired) electrons. The largest absolute Gasteiger partial charge is 0.487 e. The SMILES string of the molecule is CNC(=O)c1c(-c2ccc(F)cc2)oc2cc(N(C)S(C)(=O)=O)c(OCc3ccc(C#N)cc3)cc12. The predicted molar refractivity (Wildman–Crippen MR) is 134 cm³/mol. The van der Waals surface area contributed by atoms with Crippen LogP contribution in [0.15, 0.2) is 65.1 Å². The molecule has 0 fully saturated rings. The molecular weight excluding hydrogens is 485 g/mol. The average molecular weight is 508 g/mol. The minimum Gasteiger partial charge on any atom is -0.487 e. The van der Waals surface area contributed by atoms with Gasteiger partial charge in [-0.2, -0.15) is 5.26 Å². The number of nitriles is 1. The molecule has 10 heteroatoms. The highest BCUT2D eigenvalue weighted by molar-refractivity contribution is 7.92. The second-order valence-electron chi connectivity index (χ2n) is 8.04. The highest BCUT2D eigenvalue weighted by Crippen LogP contribution is 2.41. The second kappa shape index (κ2) is 9.71. The molecule has 0 spiro atoms. The van der Waals surface area contributed by atoms with Gasteiger partial charge in [0.2, 0.25) is 10.0 Å². The molecule has 4 rings (SSSR count). The van der Waals surface area contributed by atoms with Crippen LogP contribution in [0.1, 0.15) is 21.5 Å². The first-order valence-electron chi connectivity index (χ1n) is 10.8. The van der Waals surface area contributed by atoms with Gasteiger partial charge in [-0.1, -0.05) is 12.1 Å². The fraction of sp³-hybridized carbons (Fsp3) is 0.154. The third-order valence-electron chi connectivity index (χ3n) is 5.64. The number of sulfonamides is 1. The topological polar surface area (TPSA) is 113 Å². The van der Waals surface area contributed by atoms with Crippen LogP contribution in [-0.4, -0.2) is 34.7 Å². The van der Waals surface area contributed by atoms with Gasteiger partial charge >= 0.3 is 0 Å². The van der Waals surface area contributed by atoms with Gasteiger partial charge in [0, 0.05) is 31.1 Å². The number of halogens is 1. The Bertz CT molecular complexity index is 1590. The maximum Gasteiger partial charge on any atom is 0.255 e. The van der Waals surface area contributed by atoms with Crippen LogP contribution in [0, 0.1) is 17.1 Å². The van der Waals surface area contributed by atoms with Crippen LogP contribution in [0.3, 0.4) is 0 Å². The Kier molecular flexibility index (Phi) is 6.68. The molecule has 0 bridgehead atoms. The molecule has 36 heavy (non-hydrogen) atoms. The van der Waals surface area contributed by atoms with E-state index in [4.69, 9.17) is 14.4 Å². The number of nitrogens with zero attached hydrogens (tertiary/aromatic N) is 2. The van der Waals surface area contributed by atoms with E-state index in [9.17, 15) is 17.6 Å². The summed E-state index contributed by atoms with van der Waals surface area (Å²) in [5.74, 6) is -0.458. The Hall–Kier alpha value is -4.36. The molecule has 1 N–H and O–H groups in total. The molecular formula is C26H22FN3O5S. The summed E-state index contributed by atoms with van der Waals surface area (Å²) in [5.41, 5.74) is 2.40. The number of nitrogens with one attached hydrogen (secondary N) is 1. The zero-order chi connectivity index (χ0) is 26.0. The Morgan fingerprint density at radius 1 is 1.14 bits per heavy atom. The minimum atomic E-state index is -3.67. The lowest BCUT2D eigenvalue weighted by molar-refractivity contribution is 0.0964. The first kappa shape index (κ1) is 24.8. The van der Waals surface area contributed by atoms with Crippen molar-refractivity contribution in [1.82, 2.24) is 5.32 Å². The number of carbonyl (C=O) groups is 1. The maximum atomic E-state index is 13.5. The van der Waals surface area contributed by atoms with Gasteiger partial charge in [-0.05, 0) is 48.0 Å². The molecule has 0 aliphatic rings. The normalized spacial score (nSPS) is 11.2. The van der Waals surface area contributed by atoms with E-state index < -0.39 is 21.7 Å². The van der Waals surface area contributed by atoms with E-state index in [2.05, 4.69) is 5.32 Å². The molecule has 0 aliphatic heterocycles. The summed E-state index contributed by atoms with van der Waals surface area (Å²) in [4.78, 5) is 12.9. The lowest BCUT2D eigenvalue weighted by Gasteiger charge is -2.20. The van der Waals surface area contributed by atoms with Gasteiger partial charge in [-0.15, -0.1) is 0 Å². The number of hydrogen-bond acceptors (Lipinski definition) is 6. The summed E-state index contributed by atoms with van der Waals surface area (Å²) >= 11 is 0. The van der Waals surface area contributed by atoms with Crippen molar-refractivity contribution in [2.24, 2.45) is 0 Å². The quantitative estimate of drug-likeness (QED) is 0.396. The summed E-state index contributed by atoms with van der Waals surface area (Å²) in [7, 11) is -0.806. The third kappa shape index (κ3) is 4.87. The molecule has 4 aromatic rings. The van der Waals surface area contributed by atoms with Crippen molar-refractivity contribution in [3.05, 3.63) is 83.2 Å². The van der Waals surface area contributed by atoms with E-state index in [1.165, 1.54) is 44.4 Å². The van der Waals surface area contributed by atoms with E-state index in [1.807, 2.05) is 6.07 Å². The fourth-order valence-corrected chi connectivity index (χ4v) is 4.14. The smallest absolute Gasteiger partial charge is 0.255 e. The van der Waals surface area contributed by atoms with Crippen molar-refractivity contribution in [3.8, 4) is 23.1 Å². The Labute approximate surface area is 207 Å². The molecule has 0 saturated heterocycles. The van der Waals surface area contributed by atoms with Crippen molar-refractivity contribution < 1.29 is 26.8 Å². The molecule has 184 valence electrons. The van der Waals surface area contributed by atoms with Gasteiger partial charge < -0.3 is 14.5 Å². The predicted octanol–water partition coefficient (Wildman–Crippen LogP) is 4.44. The van der Waals surface area contributed by atoms with E-state index >= 15 is 0 Å². The molecule has 0 aliphatic carbocycles. The lowest BCUT2D eigenvalue weighted by atomic mass is 10.0. The molecule has 8 nitrogen and oxygen atoms in total. The molecule has 0 saturated carbocycles. The molecule has 1 heterocycles. The van der Waals surface area contributed by atoms with Crippen molar-refractivity contribution in [2.45, 2.75) is 6.61 Å². The zero-order valence-corrected chi connectivity index (χ0v) is 20.5. The molecule has 0 atom stereocenters. The zero-order valence-electron chi connectivity index (χ0n) is 19.7. The number of hydrogen-bond donors (Lipinski definition) is 1. The third-order valence-corrected chi connectivity index (χ3v) is 6.84. The number of benzene rings is 3. The Morgan fingerprint density at radius 3 is 2.39 bits per heavy atom.